The van der Waals surface area contributed by atoms with Crippen molar-refractivity contribution in [3.8, 4) is 17.0 Å². The van der Waals surface area contributed by atoms with E-state index in [1.807, 2.05) is 0 Å². The minimum Gasteiger partial charge on any atom is -0.496 e. The fourth-order valence-corrected chi connectivity index (χ4v) is 4.58. The number of fused-ring (bicyclic) bond motifs is 1. The summed E-state index contributed by atoms with van der Waals surface area (Å²) < 4.78 is 90.1. The van der Waals surface area contributed by atoms with Crippen molar-refractivity contribution in [3.63, 3.8) is 0 Å². The Morgan fingerprint density at radius 1 is 0.929 bits per heavy atom. The zero-order chi connectivity index (χ0) is 30.0. The summed E-state index contributed by atoms with van der Waals surface area (Å²) in [5.74, 6) is -2.92. The number of amides is 2. The molecule has 0 aliphatic carbocycles. The summed E-state index contributed by atoms with van der Waals surface area (Å²) in [7, 11) is 1.52. The van der Waals surface area contributed by atoms with Gasteiger partial charge in [-0.05, 0) is 24.3 Å². The normalized spacial score (nSPS) is 11.5. The molecule has 5 aromatic rings. The third kappa shape index (κ3) is 5.87. The maximum Gasteiger partial charge on any atom is 0.418 e. The van der Waals surface area contributed by atoms with Gasteiger partial charge in [0.1, 0.15) is 28.7 Å². The first-order valence-corrected chi connectivity index (χ1v) is 12.5. The third-order valence-electron chi connectivity index (χ3n) is 6.54. The number of nitrogens with zero attached hydrogens (tertiary/aromatic N) is 2. The summed E-state index contributed by atoms with van der Waals surface area (Å²) in [6.45, 7) is -0.415. The minimum absolute atomic E-state index is 0.0861. The molecule has 2 amide bonds. The first-order chi connectivity index (χ1) is 20.0. The van der Waals surface area contributed by atoms with E-state index >= 15 is 0 Å². The van der Waals surface area contributed by atoms with Crippen LogP contribution in [0.1, 0.15) is 16.7 Å². The van der Waals surface area contributed by atoms with E-state index in [0.29, 0.717) is 29.1 Å². The zero-order valence-electron chi connectivity index (χ0n) is 21.9. The monoisotopic (exact) mass is 584 g/mol. The molecule has 42 heavy (non-hydrogen) atoms. The first kappa shape index (κ1) is 28.5. The third-order valence-corrected chi connectivity index (χ3v) is 6.54. The molecule has 1 aromatic heterocycles. The summed E-state index contributed by atoms with van der Waals surface area (Å²) in [6, 6.07) is 17.2. The van der Waals surface area contributed by atoms with Crippen molar-refractivity contribution < 1.29 is 35.9 Å². The van der Waals surface area contributed by atoms with E-state index < -0.39 is 52.8 Å². The van der Waals surface area contributed by atoms with Gasteiger partial charge in [-0.1, -0.05) is 42.5 Å². The number of aromatic nitrogens is 2. The van der Waals surface area contributed by atoms with Crippen LogP contribution in [0.5, 0.6) is 5.75 Å². The number of rotatable bonds is 7. The van der Waals surface area contributed by atoms with Crippen molar-refractivity contribution >= 4 is 22.6 Å². The summed E-state index contributed by atoms with van der Waals surface area (Å²) in [4.78, 5) is 12.5. The van der Waals surface area contributed by atoms with E-state index in [4.69, 9.17) is 4.74 Å². The topological polar surface area (TPSA) is 68.2 Å². The van der Waals surface area contributed by atoms with Gasteiger partial charge < -0.3 is 15.4 Å². The molecule has 12 heteroatoms. The van der Waals surface area contributed by atoms with Crippen molar-refractivity contribution in [2.45, 2.75) is 19.3 Å². The molecule has 216 valence electrons. The van der Waals surface area contributed by atoms with Crippen molar-refractivity contribution in [1.29, 1.82) is 0 Å². The van der Waals surface area contributed by atoms with Crippen LogP contribution in [0.3, 0.4) is 0 Å². The van der Waals surface area contributed by atoms with Crippen molar-refractivity contribution in [1.82, 2.24) is 15.1 Å². The van der Waals surface area contributed by atoms with E-state index in [-0.39, 0.29) is 17.6 Å². The van der Waals surface area contributed by atoms with Crippen LogP contribution in [0, 0.1) is 17.5 Å². The van der Waals surface area contributed by atoms with Gasteiger partial charge in [0, 0.05) is 46.4 Å². The molecule has 0 bridgehead atoms. The molecule has 1 heterocycles. The van der Waals surface area contributed by atoms with Gasteiger partial charge >= 0.3 is 12.2 Å². The molecule has 0 unspecified atom stereocenters. The van der Waals surface area contributed by atoms with Crippen LogP contribution in [0.4, 0.5) is 36.8 Å². The molecule has 0 atom stereocenters. The molecule has 0 radical (unpaired) electrons. The number of para-hydroxylation sites is 1. The number of ether oxygens (including phenoxy) is 1. The quantitative estimate of drug-likeness (QED) is 0.195. The highest BCUT2D eigenvalue weighted by atomic mass is 19.4. The lowest BCUT2D eigenvalue weighted by Gasteiger charge is -2.12. The number of carbonyl (C=O) groups is 1. The van der Waals surface area contributed by atoms with Gasteiger partial charge in [0.05, 0.1) is 24.9 Å². The summed E-state index contributed by atoms with van der Waals surface area (Å²) in [6.07, 6.45) is -4.74. The molecule has 4 aromatic carbocycles. The largest absolute Gasteiger partial charge is 0.496 e. The number of nitrogens with one attached hydrogen (secondary N) is 2. The highest BCUT2D eigenvalue weighted by molar-refractivity contribution is 5.96. The van der Waals surface area contributed by atoms with Gasteiger partial charge in [0.15, 0.2) is 0 Å². The molecule has 0 fully saturated rings. The predicted octanol–water partition coefficient (Wildman–Crippen LogP) is 7.52. The average Bonchev–Trinajstić information content (AvgIpc) is 3.32. The number of halogens is 6. The van der Waals surface area contributed by atoms with Gasteiger partial charge in [-0.3, -0.25) is 4.68 Å². The standard InChI is InChI=1S/C30H22F6N4O2/c1-42-26-8-3-2-5-18(26)15-37-29(41)38-20-11-9-17(10-12-20)28-21-6-4-7-23(30(34,35)36)27(21)39-40(28)16-22-24(32)13-19(31)14-25(22)33/h2-14H,15-16H2,1H3,(H2,37,38,41). The molecule has 0 aliphatic rings. The number of hydrogen-bond donors (Lipinski definition) is 2. The second kappa shape index (κ2) is 11.5. The van der Waals surface area contributed by atoms with Gasteiger partial charge in [-0.25, -0.2) is 18.0 Å². The Hall–Kier alpha value is -5.00. The van der Waals surface area contributed by atoms with E-state index in [9.17, 15) is 31.1 Å². The fourth-order valence-electron chi connectivity index (χ4n) is 4.58. The average molecular weight is 585 g/mol. The highest BCUT2D eigenvalue weighted by Gasteiger charge is 2.34. The number of methoxy groups -OCH3 is 1. The lowest BCUT2D eigenvalue weighted by molar-refractivity contribution is -0.136. The van der Waals surface area contributed by atoms with Crippen LogP contribution in [-0.2, 0) is 19.3 Å². The molecule has 0 saturated heterocycles. The number of benzene rings is 4. The molecule has 5 rings (SSSR count). The number of anilines is 1. The molecular formula is C30H22F6N4O2. The van der Waals surface area contributed by atoms with E-state index in [2.05, 4.69) is 15.7 Å². The Morgan fingerprint density at radius 3 is 2.29 bits per heavy atom. The summed E-state index contributed by atoms with van der Waals surface area (Å²) in [5.41, 5.74) is -0.364. The molecule has 0 spiro atoms. The Bertz CT molecular complexity index is 1740. The van der Waals surface area contributed by atoms with Gasteiger partial charge in [-0.15, -0.1) is 0 Å². The molecule has 0 aliphatic heterocycles. The Kier molecular flexibility index (Phi) is 7.79. The van der Waals surface area contributed by atoms with Crippen LogP contribution >= 0.6 is 0 Å². The van der Waals surface area contributed by atoms with Gasteiger partial charge in [-0.2, -0.15) is 18.3 Å². The number of carbonyl (C=O) groups excluding carboxylic acids is 1. The van der Waals surface area contributed by atoms with E-state index in [1.165, 1.54) is 43.5 Å². The van der Waals surface area contributed by atoms with Gasteiger partial charge in [0.2, 0.25) is 0 Å². The van der Waals surface area contributed by atoms with Crippen molar-refractivity contribution in [2.75, 3.05) is 12.4 Å². The Labute approximate surface area is 235 Å². The number of hydrogen-bond acceptors (Lipinski definition) is 3. The van der Waals surface area contributed by atoms with E-state index in [0.717, 1.165) is 16.3 Å². The SMILES string of the molecule is COc1ccccc1CNC(=O)Nc1ccc(-c2c3cccc(C(F)(F)F)c3nn2Cc2c(F)cc(F)cc2F)cc1. The van der Waals surface area contributed by atoms with Crippen LogP contribution < -0.4 is 15.4 Å². The summed E-state index contributed by atoms with van der Waals surface area (Å²) in [5, 5.41) is 9.54. The van der Waals surface area contributed by atoms with Crippen LogP contribution in [-0.4, -0.2) is 22.9 Å². The second-order valence-electron chi connectivity index (χ2n) is 9.25. The second-order valence-corrected chi connectivity index (χ2v) is 9.25. The first-order valence-electron chi connectivity index (χ1n) is 12.5. The molecule has 6 nitrogen and oxygen atoms in total. The molecule has 0 saturated carbocycles. The number of alkyl halides is 3. The Balaban J connectivity index is 1.46. The van der Waals surface area contributed by atoms with Crippen molar-refractivity contribution in [3.05, 3.63) is 113 Å². The fraction of sp³-hybridized carbons (Fsp3) is 0.133. The smallest absolute Gasteiger partial charge is 0.418 e. The highest BCUT2D eigenvalue weighted by Crippen LogP contribution is 2.38. The van der Waals surface area contributed by atoms with Crippen molar-refractivity contribution in [2.24, 2.45) is 0 Å². The maximum absolute atomic E-state index is 14.5. The lowest BCUT2D eigenvalue weighted by atomic mass is 10.0. The van der Waals surface area contributed by atoms with Crippen LogP contribution in [0.2, 0.25) is 0 Å². The van der Waals surface area contributed by atoms with E-state index in [1.54, 1.807) is 24.3 Å². The number of urea groups is 1. The predicted molar refractivity (Wildman–Crippen MR) is 144 cm³/mol. The molecular weight excluding hydrogens is 562 g/mol. The van der Waals surface area contributed by atoms with Gasteiger partial charge in [0.25, 0.3) is 0 Å². The van der Waals surface area contributed by atoms with Crippen LogP contribution in [0.25, 0.3) is 22.2 Å². The minimum atomic E-state index is -4.74. The summed E-state index contributed by atoms with van der Waals surface area (Å²) >= 11 is 0. The lowest BCUT2D eigenvalue weighted by Crippen LogP contribution is -2.28. The molecule has 2 N–H and O–H groups in total. The Morgan fingerprint density at radius 2 is 1.62 bits per heavy atom. The zero-order valence-corrected chi connectivity index (χ0v) is 21.9. The van der Waals surface area contributed by atoms with Crippen LogP contribution in [0.15, 0.2) is 78.9 Å². The maximum atomic E-state index is 14.5.